The Morgan fingerprint density at radius 2 is 2.12 bits per heavy atom. The summed E-state index contributed by atoms with van der Waals surface area (Å²) in [7, 11) is 0. The van der Waals surface area contributed by atoms with Crippen LogP contribution in [0.15, 0.2) is 42.7 Å². The summed E-state index contributed by atoms with van der Waals surface area (Å²) in [5, 5.41) is 3.42. The molecule has 3 heterocycles. The molecule has 2 aromatic heterocycles. The standard InChI is InChI=1S/C19H24N4O/c1-15-7-8-16(13-22-15)19(24)23(14-17-5-2-3-11-21-17)18-6-4-10-20-12-9-18/h2-3,5,7-8,11,13,18,20H,4,6,9-10,12,14H2,1H3/t18-/m0/s1. The molecule has 1 saturated heterocycles. The molecule has 0 aliphatic carbocycles. The quantitative estimate of drug-likeness (QED) is 0.939. The van der Waals surface area contributed by atoms with E-state index in [4.69, 9.17) is 0 Å². The van der Waals surface area contributed by atoms with Crippen LogP contribution >= 0.6 is 0 Å². The molecule has 24 heavy (non-hydrogen) atoms. The van der Waals surface area contributed by atoms with Gasteiger partial charge in [-0.3, -0.25) is 14.8 Å². The molecule has 1 N–H and O–H groups in total. The lowest BCUT2D eigenvalue weighted by molar-refractivity contribution is 0.0642. The van der Waals surface area contributed by atoms with Crippen molar-refractivity contribution >= 4 is 5.91 Å². The van der Waals surface area contributed by atoms with Gasteiger partial charge in [0, 0.05) is 24.1 Å². The molecule has 1 fully saturated rings. The van der Waals surface area contributed by atoms with E-state index in [1.54, 1.807) is 12.4 Å². The summed E-state index contributed by atoms with van der Waals surface area (Å²) in [6, 6.07) is 9.83. The second-order valence-corrected chi connectivity index (χ2v) is 6.28. The zero-order chi connectivity index (χ0) is 16.8. The third kappa shape index (κ3) is 4.17. The lowest BCUT2D eigenvalue weighted by atomic mass is 10.1. The van der Waals surface area contributed by atoms with Gasteiger partial charge >= 0.3 is 0 Å². The van der Waals surface area contributed by atoms with Gasteiger partial charge in [-0.2, -0.15) is 0 Å². The van der Waals surface area contributed by atoms with Gasteiger partial charge in [0.25, 0.3) is 5.91 Å². The maximum absolute atomic E-state index is 13.1. The molecule has 0 spiro atoms. The first kappa shape index (κ1) is 16.6. The zero-order valence-corrected chi connectivity index (χ0v) is 14.1. The van der Waals surface area contributed by atoms with Crippen LogP contribution in [0.4, 0.5) is 0 Å². The van der Waals surface area contributed by atoms with Gasteiger partial charge in [-0.25, -0.2) is 0 Å². The molecule has 0 saturated carbocycles. The Labute approximate surface area is 143 Å². The van der Waals surface area contributed by atoms with Crippen molar-refractivity contribution in [2.45, 2.75) is 38.8 Å². The fourth-order valence-electron chi connectivity index (χ4n) is 3.11. The van der Waals surface area contributed by atoms with Gasteiger partial charge in [-0.1, -0.05) is 6.07 Å². The number of aryl methyl sites for hydroxylation is 1. The summed E-state index contributed by atoms with van der Waals surface area (Å²) in [5.41, 5.74) is 2.48. The van der Waals surface area contributed by atoms with Crippen molar-refractivity contribution in [1.29, 1.82) is 0 Å². The molecule has 1 amide bonds. The number of nitrogens with zero attached hydrogens (tertiary/aromatic N) is 3. The minimum absolute atomic E-state index is 0.0417. The van der Waals surface area contributed by atoms with Crippen molar-refractivity contribution in [3.8, 4) is 0 Å². The van der Waals surface area contributed by atoms with Gasteiger partial charge in [-0.05, 0) is 63.5 Å². The summed E-state index contributed by atoms with van der Waals surface area (Å²) in [4.78, 5) is 23.8. The molecule has 0 radical (unpaired) electrons. The summed E-state index contributed by atoms with van der Waals surface area (Å²) in [6.07, 6.45) is 6.53. The lowest BCUT2D eigenvalue weighted by Gasteiger charge is -2.31. The van der Waals surface area contributed by atoms with Crippen molar-refractivity contribution in [3.05, 3.63) is 59.7 Å². The fourth-order valence-corrected chi connectivity index (χ4v) is 3.11. The lowest BCUT2D eigenvalue weighted by Crippen LogP contribution is -2.40. The second kappa shape index (κ2) is 8.02. The highest BCUT2D eigenvalue weighted by Crippen LogP contribution is 2.19. The normalized spacial score (nSPS) is 18.0. The van der Waals surface area contributed by atoms with E-state index in [1.807, 2.05) is 42.2 Å². The molecule has 1 aliphatic rings. The summed E-state index contributed by atoms with van der Waals surface area (Å²) >= 11 is 0. The van der Waals surface area contributed by atoms with E-state index >= 15 is 0 Å². The van der Waals surface area contributed by atoms with Crippen molar-refractivity contribution < 1.29 is 4.79 Å². The van der Waals surface area contributed by atoms with E-state index in [2.05, 4.69) is 15.3 Å². The van der Waals surface area contributed by atoms with Crippen LogP contribution in [0.3, 0.4) is 0 Å². The van der Waals surface area contributed by atoms with Crippen LogP contribution in [0, 0.1) is 6.92 Å². The van der Waals surface area contributed by atoms with E-state index in [0.717, 1.165) is 43.7 Å². The van der Waals surface area contributed by atoms with Crippen molar-refractivity contribution in [2.75, 3.05) is 13.1 Å². The average molecular weight is 324 g/mol. The van der Waals surface area contributed by atoms with Crippen LogP contribution in [0.2, 0.25) is 0 Å². The maximum atomic E-state index is 13.1. The Kier molecular flexibility index (Phi) is 5.54. The third-order valence-corrected chi connectivity index (χ3v) is 4.46. The number of amides is 1. The van der Waals surface area contributed by atoms with Crippen molar-refractivity contribution in [3.63, 3.8) is 0 Å². The molecule has 1 aliphatic heterocycles. The predicted molar refractivity (Wildman–Crippen MR) is 93.6 cm³/mol. The fraction of sp³-hybridized carbons (Fsp3) is 0.421. The Balaban J connectivity index is 1.85. The average Bonchev–Trinajstić information content (AvgIpc) is 2.90. The Morgan fingerprint density at radius 1 is 1.21 bits per heavy atom. The minimum atomic E-state index is 0.0417. The minimum Gasteiger partial charge on any atom is -0.330 e. The van der Waals surface area contributed by atoms with Gasteiger partial charge < -0.3 is 10.2 Å². The number of carbonyl (C=O) groups excluding carboxylic acids is 1. The first-order valence-electron chi connectivity index (χ1n) is 8.58. The SMILES string of the molecule is Cc1ccc(C(=O)N(Cc2ccccn2)[C@H]2CCCNCC2)cn1. The van der Waals surface area contributed by atoms with Gasteiger partial charge in [0.05, 0.1) is 17.8 Å². The van der Waals surface area contributed by atoms with Gasteiger partial charge in [0.15, 0.2) is 0 Å². The summed E-state index contributed by atoms with van der Waals surface area (Å²) in [5.74, 6) is 0.0417. The predicted octanol–water partition coefficient (Wildman–Crippen LogP) is 2.57. The summed E-state index contributed by atoms with van der Waals surface area (Å²) in [6.45, 7) is 4.44. The molecule has 5 nitrogen and oxygen atoms in total. The first-order chi connectivity index (χ1) is 11.7. The second-order valence-electron chi connectivity index (χ2n) is 6.28. The molecule has 2 aromatic rings. The number of hydrogen-bond donors (Lipinski definition) is 1. The number of carbonyl (C=O) groups is 1. The van der Waals surface area contributed by atoms with Crippen LogP contribution < -0.4 is 5.32 Å². The monoisotopic (exact) mass is 324 g/mol. The number of hydrogen-bond acceptors (Lipinski definition) is 4. The molecular formula is C19H24N4O. The first-order valence-corrected chi connectivity index (χ1v) is 8.58. The molecule has 5 heteroatoms. The van der Waals surface area contributed by atoms with Gasteiger partial charge in [0.2, 0.25) is 0 Å². The molecular weight excluding hydrogens is 300 g/mol. The number of pyridine rings is 2. The molecule has 126 valence electrons. The van der Waals surface area contributed by atoms with Crippen LogP contribution in [-0.4, -0.2) is 39.9 Å². The molecule has 0 unspecified atom stereocenters. The molecule has 3 rings (SSSR count). The topological polar surface area (TPSA) is 58.1 Å². The number of nitrogens with one attached hydrogen (secondary N) is 1. The summed E-state index contributed by atoms with van der Waals surface area (Å²) < 4.78 is 0. The van der Waals surface area contributed by atoms with Crippen LogP contribution in [0.5, 0.6) is 0 Å². The van der Waals surface area contributed by atoms with Crippen LogP contribution in [0.25, 0.3) is 0 Å². The molecule has 0 bridgehead atoms. The Hall–Kier alpha value is -2.27. The van der Waals surface area contributed by atoms with E-state index < -0.39 is 0 Å². The van der Waals surface area contributed by atoms with Gasteiger partial charge in [-0.15, -0.1) is 0 Å². The maximum Gasteiger partial charge on any atom is 0.256 e. The van der Waals surface area contributed by atoms with Gasteiger partial charge in [0.1, 0.15) is 0 Å². The molecule has 1 atom stereocenters. The number of aromatic nitrogens is 2. The third-order valence-electron chi connectivity index (χ3n) is 4.46. The number of rotatable bonds is 4. The van der Waals surface area contributed by atoms with Crippen molar-refractivity contribution in [1.82, 2.24) is 20.2 Å². The van der Waals surface area contributed by atoms with Crippen LogP contribution in [-0.2, 0) is 6.54 Å². The highest BCUT2D eigenvalue weighted by Gasteiger charge is 2.26. The highest BCUT2D eigenvalue weighted by atomic mass is 16.2. The highest BCUT2D eigenvalue weighted by molar-refractivity contribution is 5.94. The smallest absolute Gasteiger partial charge is 0.256 e. The van der Waals surface area contributed by atoms with E-state index in [-0.39, 0.29) is 11.9 Å². The van der Waals surface area contributed by atoms with E-state index in [9.17, 15) is 4.79 Å². The molecule has 0 aromatic carbocycles. The Morgan fingerprint density at radius 3 is 2.88 bits per heavy atom. The Bertz CT molecular complexity index is 649. The van der Waals surface area contributed by atoms with E-state index in [0.29, 0.717) is 12.1 Å². The van der Waals surface area contributed by atoms with E-state index in [1.165, 1.54) is 0 Å². The van der Waals surface area contributed by atoms with Crippen molar-refractivity contribution in [2.24, 2.45) is 0 Å². The largest absolute Gasteiger partial charge is 0.330 e. The van der Waals surface area contributed by atoms with Crippen LogP contribution in [0.1, 0.15) is 41.0 Å². The zero-order valence-electron chi connectivity index (χ0n) is 14.1.